The number of carbonyl (C=O) groups excluding carboxylic acids is 1. The summed E-state index contributed by atoms with van der Waals surface area (Å²) in [5, 5.41) is 11.4. The van der Waals surface area contributed by atoms with Crippen molar-refractivity contribution in [3.8, 4) is 0 Å². The Morgan fingerprint density at radius 1 is 1.25 bits per heavy atom. The fraction of sp³-hybridized carbons (Fsp3) is 0. The summed E-state index contributed by atoms with van der Waals surface area (Å²) in [6.07, 6.45) is 1.42. The molecule has 0 unspecified atom stereocenters. The molecule has 1 amide bonds. The normalized spacial score (nSPS) is 10.1. The molecule has 6 nitrogen and oxygen atoms in total. The van der Waals surface area contributed by atoms with Gasteiger partial charge in [0.2, 0.25) is 0 Å². The van der Waals surface area contributed by atoms with E-state index in [9.17, 15) is 14.4 Å². The van der Waals surface area contributed by atoms with E-state index in [-0.39, 0.29) is 16.8 Å². The molecule has 0 saturated heterocycles. The molecule has 0 saturated carbocycles. The highest BCUT2D eigenvalue weighted by Gasteiger charge is 2.13. The highest BCUT2D eigenvalue weighted by molar-refractivity contribution is 9.10. The van der Waals surface area contributed by atoms with E-state index in [2.05, 4.69) is 26.2 Å². The number of benzene rings is 1. The van der Waals surface area contributed by atoms with Gasteiger partial charge in [0, 0.05) is 10.7 Å². The first kappa shape index (κ1) is 14.0. The lowest BCUT2D eigenvalue weighted by Gasteiger charge is -2.08. The number of pyridine rings is 1. The van der Waals surface area contributed by atoms with Gasteiger partial charge in [-0.1, -0.05) is 0 Å². The molecule has 1 aromatic heterocycles. The van der Waals surface area contributed by atoms with Crippen molar-refractivity contribution >= 4 is 33.5 Å². The summed E-state index contributed by atoms with van der Waals surface area (Å²) in [5.74, 6) is -1.72. The monoisotopic (exact) mass is 336 g/mol. The summed E-state index contributed by atoms with van der Waals surface area (Å²) in [5.41, 5.74) is -0.265. The predicted octanol–water partition coefficient (Wildman–Crippen LogP) is 2.09. The van der Waals surface area contributed by atoms with Crippen LogP contribution in [0, 0.1) is 0 Å². The summed E-state index contributed by atoms with van der Waals surface area (Å²) in [6, 6.07) is 7.12. The number of nitrogens with one attached hydrogen (secondary N) is 2. The lowest BCUT2D eigenvalue weighted by molar-refractivity contribution is 0.0696. The maximum atomic E-state index is 12.0. The fourth-order valence-electron chi connectivity index (χ4n) is 1.54. The SMILES string of the molecule is O=C(O)c1ccc(Br)c(NC(=O)c2ccc[nH]c2=O)c1. The number of rotatable bonds is 3. The molecule has 2 rings (SSSR count). The van der Waals surface area contributed by atoms with E-state index >= 15 is 0 Å². The summed E-state index contributed by atoms with van der Waals surface area (Å²) in [6.45, 7) is 0. The minimum Gasteiger partial charge on any atom is -0.478 e. The molecule has 2 aromatic rings. The Bertz CT molecular complexity index is 739. The molecule has 0 spiro atoms. The molecular formula is C13H9BrN2O4. The summed E-state index contributed by atoms with van der Waals surface area (Å²) >= 11 is 3.21. The van der Waals surface area contributed by atoms with Crippen LogP contribution in [-0.4, -0.2) is 22.0 Å². The quantitative estimate of drug-likeness (QED) is 0.798. The standard InChI is InChI=1S/C13H9BrN2O4/c14-9-4-3-7(13(19)20)6-10(9)16-12(18)8-2-1-5-15-11(8)17/h1-6H,(H,15,17)(H,16,18)(H,19,20). The van der Waals surface area contributed by atoms with E-state index in [1.54, 1.807) is 0 Å². The lowest BCUT2D eigenvalue weighted by atomic mass is 10.2. The highest BCUT2D eigenvalue weighted by Crippen LogP contribution is 2.24. The Labute approximate surface area is 121 Å². The average Bonchev–Trinajstić information content (AvgIpc) is 2.41. The fourth-order valence-corrected chi connectivity index (χ4v) is 1.89. The van der Waals surface area contributed by atoms with Crippen molar-refractivity contribution < 1.29 is 14.7 Å². The number of anilines is 1. The minimum absolute atomic E-state index is 0.0328. The van der Waals surface area contributed by atoms with E-state index in [4.69, 9.17) is 5.11 Å². The molecule has 20 heavy (non-hydrogen) atoms. The van der Waals surface area contributed by atoms with Crippen molar-refractivity contribution in [1.82, 2.24) is 4.98 Å². The van der Waals surface area contributed by atoms with Gasteiger partial charge in [0.1, 0.15) is 5.56 Å². The molecule has 0 fully saturated rings. The molecule has 1 aromatic carbocycles. The molecule has 0 radical (unpaired) electrons. The molecule has 0 aliphatic rings. The molecule has 102 valence electrons. The van der Waals surface area contributed by atoms with E-state index < -0.39 is 17.4 Å². The maximum absolute atomic E-state index is 12.0. The van der Waals surface area contributed by atoms with Crippen molar-refractivity contribution in [2.24, 2.45) is 0 Å². The van der Waals surface area contributed by atoms with Crippen LogP contribution in [0.25, 0.3) is 0 Å². The molecule has 0 bridgehead atoms. The van der Waals surface area contributed by atoms with Crippen molar-refractivity contribution in [3.63, 3.8) is 0 Å². The number of aromatic nitrogens is 1. The second kappa shape index (κ2) is 5.70. The Balaban J connectivity index is 2.33. The van der Waals surface area contributed by atoms with Crippen LogP contribution in [0.15, 0.2) is 45.8 Å². The topological polar surface area (TPSA) is 99.3 Å². The van der Waals surface area contributed by atoms with Gasteiger partial charge >= 0.3 is 5.97 Å². The second-order valence-electron chi connectivity index (χ2n) is 3.87. The van der Waals surface area contributed by atoms with E-state index in [1.807, 2.05) is 0 Å². The third-order valence-electron chi connectivity index (χ3n) is 2.52. The van der Waals surface area contributed by atoms with Gasteiger partial charge in [-0.05, 0) is 46.3 Å². The highest BCUT2D eigenvalue weighted by atomic mass is 79.9. The van der Waals surface area contributed by atoms with E-state index in [0.29, 0.717) is 4.47 Å². The predicted molar refractivity (Wildman–Crippen MR) is 76.1 cm³/mol. The first-order valence-corrected chi connectivity index (χ1v) is 6.30. The average molecular weight is 337 g/mol. The van der Waals surface area contributed by atoms with Crippen molar-refractivity contribution in [3.05, 3.63) is 62.5 Å². The van der Waals surface area contributed by atoms with Gasteiger partial charge in [0.05, 0.1) is 11.3 Å². The Kier molecular flexibility index (Phi) is 3.99. The lowest BCUT2D eigenvalue weighted by Crippen LogP contribution is -2.22. The number of hydrogen-bond donors (Lipinski definition) is 3. The first-order valence-electron chi connectivity index (χ1n) is 5.51. The number of amides is 1. The third kappa shape index (κ3) is 2.94. The number of aromatic amines is 1. The van der Waals surface area contributed by atoms with Crippen LogP contribution in [0.3, 0.4) is 0 Å². The van der Waals surface area contributed by atoms with E-state index in [1.165, 1.54) is 36.5 Å². The van der Waals surface area contributed by atoms with Crippen LogP contribution in [0.1, 0.15) is 20.7 Å². The van der Waals surface area contributed by atoms with E-state index in [0.717, 1.165) is 0 Å². The van der Waals surface area contributed by atoms with Crippen LogP contribution in [0.5, 0.6) is 0 Å². The number of carboxylic acid groups (broad SMARTS) is 1. The molecule has 1 heterocycles. The van der Waals surface area contributed by atoms with Crippen LogP contribution >= 0.6 is 15.9 Å². The van der Waals surface area contributed by atoms with Crippen molar-refractivity contribution in [2.75, 3.05) is 5.32 Å². The van der Waals surface area contributed by atoms with Gasteiger partial charge in [-0.15, -0.1) is 0 Å². The number of hydrogen-bond acceptors (Lipinski definition) is 3. The van der Waals surface area contributed by atoms with Crippen LogP contribution in [-0.2, 0) is 0 Å². The third-order valence-corrected chi connectivity index (χ3v) is 3.22. The molecule has 3 N–H and O–H groups in total. The van der Waals surface area contributed by atoms with Gasteiger partial charge in [-0.25, -0.2) is 4.79 Å². The zero-order valence-corrected chi connectivity index (χ0v) is 11.6. The molecule has 0 aliphatic carbocycles. The second-order valence-corrected chi connectivity index (χ2v) is 4.72. The van der Waals surface area contributed by atoms with Gasteiger partial charge < -0.3 is 15.4 Å². The summed E-state index contributed by atoms with van der Waals surface area (Å²) < 4.78 is 0.517. The largest absolute Gasteiger partial charge is 0.478 e. The van der Waals surface area contributed by atoms with Gasteiger partial charge in [0.15, 0.2) is 0 Å². The zero-order valence-electron chi connectivity index (χ0n) is 10.0. The molecule has 7 heteroatoms. The molecule has 0 aliphatic heterocycles. The van der Waals surface area contributed by atoms with Crippen LogP contribution in [0.2, 0.25) is 0 Å². The minimum atomic E-state index is -1.11. The summed E-state index contributed by atoms with van der Waals surface area (Å²) in [4.78, 5) is 36.7. The Morgan fingerprint density at radius 3 is 2.65 bits per heavy atom. The van der Waals surface area contributed by atoms with Crippen LogP contribution in [0.4, 0.5) is 5.69 Å². The van der Waals surface area contributed by atoms with Gasteiger partial charge in [-0.2, -0.15) is 0 Å². The van der Waals surface area contributed by atoms with Gasteiger partial charge in [-0.3, -0.25) is 9.59 Å². The van der Waals surface area contributed by atoms with Gasteiger partial charge in [0.25, 0.3) is 11.5 Å². The maximum Gasteiger partial charge on any atom is 0.335 e. The number of halogens is 1. The van der Waals surface area contributed by atoms with Crippen LogP contribution < -0.4 is 10.9 Å². The zero-order chi connectivity index (χ0) is 14.7. The number of aromatic carboxylic acids is 1. The Morgan fingerprint density at radius 2 is 2.00 bits per heavy atom. The Hall–Kier alpha value is -2.41. The molecule has 0 atom stereocenters. The molecular weight excluding hydrogens is 328 g/mol. The summed E-state index contributed by atoms with van der Waals surface area (Å²) in [7, 11) is 0. The van der Waals surface area contributed by atoms with Crippen molar-refractivity contribution in [1.29, 1.82) is 0 Å². The van der Waals surface area contributed by atoms with Crippen molar-refractivity contribution in [2.45, 2.75) is 0 Å². The first-order chi connectivity index (χ1) is 9.49. The number of carboxylic acids is 1. The smallest absolute Gasteiger partial charge is 0.335 e. The number of H-pyrrole nitrogens is 1. The number of carbonyl (C=O) groups is 2.